The number of carboxylic acid groups (broad SMARTS) is 1. The molecule has 2 aromatic carbocycles. The normalized spacial score (nSPS) is 25.5. The molecule has 4 rings (SSSR count). The number of aliphatic hydroxyl groups is 3. The summed E-state index contributed by atoms with van der Waals surface area (Å²) in [6, 6.07) is 10.8. The van der Waals surface area contributed by atoms with Crippen LogP contribution in [0.3, 0.4) is 0 Å². The lowest BCUT2D eigenvalue weighted by molar-refractivity contribution is -0.271. The molecule has 0 spiro atoms. The van der Waals surface area contributed by atoms with E-state index in [9.17, 15) is 35.1 Å². The maximum atomic E-state index is 12.5. The number of ether oxygens (including phenoxy) is 2. The molecular weight excluding hydrogens is 428 g/mol. The molecule has 0 aliphatic carbocycles. The van der Waals surface area contributed by atoms with Gasteiger partial charge in [0.25, 0.3) is 0 Å². The molecule has 6 N–H and O–H groups in total. The Balaban J connectivity index is 1.77. The summed E-state index contributed by atoms with van der Waals surface area (Å²) in [4.78, 5) is 23.8. The molecule has 1 saturated heterocycles. The minimum absolute atomic E-state index is 0.164. The van der Waals surface area contributed by atoms with Crippen LogP contribution in [0.4, 0.5) is 0 Å². The highest BCUT2D eigenvalue weighted by Gasteiger charge is 2.48. The molecule has 3 aromatic rings. The molecule has 1 aliphatic heterocycles. The molecule has 0 amide bonds. The summed E-state index contributed by atoms with van der Waals surface area (Å²) >= 11 is 0. The number of fused-ring (bicyclic) bond motifs is 1. The zero-order chi connectivity index (χ0) is 23.2. The second kappa shape index (κ2) is 8.13. The van der Waals surface area contributed by atoms with Crippen LogP contribution in [0.1, 0.15) is 0 Å². The summed E-state index contributed by atoms with van der Waals surface area (Å²) < 4.78 is 16.0. The average Bonchev–Trinajstić information content (AvgIpc) is 2.77. The van der Waals surface area contributed by atoms with Crippen molar-refractivity contribution in [3.8, 4) is 28.6 Å². The van der Waals surface area contributed by atoms with E-state index >= 15 is 0 Å². The molecule has 1 fully saturated rings. The SMILES string of the molecule is O=C(O)C1O[C@@H](Oc2cc3oc(-c4ccccc4)cc(=O)c3c(O)c2O)[C@H](O)[C@@H](O)[C@@H]1O. The number of aromatic hydroxyl groups is 2. The van der Waals surface area contributed by atoms with E-state index in [1.54, 1.807) is 30.3 Å². The number of phenols is 2. The van der Waals surface area contributed by atoms with Crippen molar-refractivity contribution in [1.82, 2.24) is 0 Å². The van der Waals surface area contributed by atoms with Gasteiger partial charge in [0.2, 0.25) is 12.0 Å². The molecule has 1 unspecified atom stereocenters. The number of aliphatic carboxylic acids is 1. The third-order valence-electron chi connectivity index (χ3n) is 5.05. The Morgan fingerprint density at radius 1 is 0.938 bits per heavy atom. The van der Waals surface area contributed by atoms with Gasteiger partial charge in [0.1, 0.15) is 35.0 Å². The van der Waals surface area contributed by atoms with Crippen LogP contribution in [0.2, 0.25) is 0 Å². The van der Waals surface area contributed by atoms with Crippen molar-refractivity contribution in [2.24, 2.45) is 0 Å². The summed E-state index contributed by atoms with van der Waals surface area (Å²) in [7, 11) is 0. The topological polar surface area (TPSA) is 187 Å². The maximum absolute atomic E-state index is 12.5. The first kappa shape index (κ1) is 21.6. The van der Waals surface area contributed by atoms with E-state index in [1.165, 1.54) is 0 Å². The minimum Gasteiger partial charge on any atom is -0.504 e. The molecule has 1 aromatic heterocycles. The lowest BCUT2D eigenvalue weighted by Crippen LogP contribution is -2.61. The molecule has 0 bridgehead atoms. The highest BCUT2D eigenvalue weighted by atomic mass is 16.7. The van der Waals surface area contributed by atoms with Crippen molar-refractivity contribution in [3.05, 3.63) is 52.7 Å². The minimum atomic E-state index is -1.94. The van der Waals surface area contributed by atoms with Gasteiger partial charge in [-0.3, -0.25) is 4.79 Å². The molecule has 168 valence electrons. The number of phenolic OH excluding ortho intramolecular Hbond substituents is 2. The van der Waals surface area contributed by atoms with Crippen molar-refractivity contribution in [3.63, 3.8) is 0 Å². The van der Waals surface area contributed by atoms with Crippen molar-refractivity contribution in [2.75, 3.05) is 0 Å². The molecule has 32 heavy (non-hydrogen) atoms. The van der Waals surface area contributed by atoms with E-state index in [0.29, 0.717) is 5.56 Å². The van der Waals surface area contributed by atoms with E-state index in [1.807, 2.05) is 0 Å². The van der Waals surface area contributed by atoms with Gasteiger partial charge in [-0.05, 0) is 0 Å². The van der Waals surface area contributed by atoms with Crippen molar-refractivity contribution in [2.45, 2.75) is 30.7 Å². The quantitative estimate of drug-likeness (QED) is 0.299. The summed E-state index contributed by atoms with van der Waals surface area (Å²) in [6.45, 7) is 0. The van der Waals surface area contributed by atoms with Crippen LogP contribution in [-0.2, 0) is 9.53 Å². The second-order valence-corrected chi connectivity index (χ2v) is 7.14. The van der Waals surface area contributed by atoms with Gasteiger partial charge in [-0.25, -0.2) is 4.79 Å². The standard InChI is InChI=1S/C21H18O11/c22-9-6-10(8-4-2-1-3-5-8)30-11-7-12(14(23)15(24)13(9)11)31-21-18(27)16(25)17(26)19(32-21)20(28)29/h1-7,16-19,21,23-27H,(H,28,29)/t16-,17-,18+,19?,21+/m0/s1. The van der Waals surface area contributed by atoms with Crippen molar-refractivity contribution < 1.29 is 49.3 Å². The average molecular weight is 446 g/mol. The predicted molar refractivity (Wildman–Crippen MR) is 106 cm³/mol. The maximum Gasteiger partial charge on any atom is 0.335 e. The van der Waals surface area contributed by atoms with E-state index in [4.69, 9.17) is 19.0 Å². The first-order valence-electron chi connectivity index (χ1n) is 9.36. The second-order valence-electron chi connectivity index (χ2n) is 7.14. The molecule has 2 heterocycles. The molecule has 5 atom stereocenters. The van der Waals surface area contributed by atoms with Crippen LogP contribution in [0, 0.1) is 0 Å². The monoisotopic (exact) mass is 446 g/mol. The molecule has 11 nitrogen and oxygen atoms in total. The third kappa shape index (κ3) is 3.63. The van der Waals surface area contributed by atoms with Crippen LogP contribution in [0.25, 0.3) is 22.3 Å². The van der Waals surface area contributed by atoms with Gasteiger partial charge in [-0.1, -0.05) is 30.3 Å². The highest BCUT2D eigenvalue weighted by molar-refractivity contribution is 5.89. The first-order chi connectivity index (χ1) is 15.2. The zero-order valence-electron chi connectivity index (χ0n) is 16.2. The number of aliphatic hydroxyl groups excluding tert-OH is 3. The molecule has 1 aliphatic rings. The van der Waals surface area contributed by atoms with Crippen LogP contribution < -0.4 is 10.2 Å². The Morgan fingerprint density at radius 3 is 2.28 bits per heavy atom. The van der Waals surface area contributed by atoms with E-state index in [0.717, 1.165) is 12.1 Å². The Kier molecular flexibility index (Phi) is 5.48. The van der Waals surface area contributed by atoms with Gasteiger partial charge >= 0.3 is 5.97 Å². The lowest BCUT2D eigenvalue weighted by atomic mass is 9.99. The summed E-state index contributed by atoms with van der Waals surface area (Å²) in [5.74, 6) is -3.76. The van der Waals surface area contributed by atoms with Gasteiger partial charge in [-0.15, -0.1) is 0 Å². The summed E-state index contributed by atoms with van der Waals surface area (Å²) in [5.41, 5.74) is -0.265. The van der Waals surface area contributed by atoms with E-state index in [-0.39, 0.29) is 16.7 Å². The fraction of sp³-hybridized carbons (Fsp3) is 0.238. The molecule has 11 heteroatoms. The zero-order valence-corrected chi connectivity index (χ0v) is 16.2. The van der Waals surface area contributed by atoms with Crippen LogP contribution >= 0.6 is 0 Å². The Morgan fingerprint density at radius 2 is 1.62 bits per heavy atom. The van der Waals surface area contributed by atoms with Crippen LogP contribution in [0.15, 0.2) is 51.7 Å². The number of carbonyl (C=O) groups is 1. The lowest BCUT2D eigenvalue weighted by Gasteiger charge is -2.38. The number of rotatable bonds is 4. The summed E-state index contributed by atoms with van der Waals surface area (Å²) in [6.07, 6.45) is -9.56. The highest BCUT2D eigenvalue weighted by Crippen LogP contribution is 2.42. The van der Waals surface area contributed by atoms with Crippen molar-refractivity contribution >= 4 is 16.9 Å². The fourth-order valence-electron chi connectivity index (χ4n) is 3.38. The largest absolute Gasteiger partial charge is 0.504 e. The predicted octanol–water partition coefficient (Wildman–Crippen LogP) is 0.142. The van der Waals surface area contributed by atoms with Gasteiger partial charge < -0.3 is 44.5 Å². The van der Waals surface area contributed by atoms with E-state index < -0.39 is 59.4 Å². The first-order valence-corrected chi connectivity index (χ1v) is 9.36. The molecule has 0 radical (unpaired) electrons. The van der Waals surface area contributed by atoms with Crippen LogP contribution in [-0.4, -0.2) is 67.3 Å². The number of hydrogen-bond acceptors (Lipinski definition) is 10. The fourth-order valence-corrected chi connectivity index (χ4v) is 3.38. The van der Waals surface area contributed by atoms with Gasteiger partial charge in [0, 0.05) is 17.7 Å². The smallest absolute Gasteiger partial charge is 0.335 e. The van der Waals surface area contributed by atoms with Gasteiger partial charge in [0.05, 0.1) is 0 Å². The van der Waals surface area contributed by atoms with Gasteiger partial charge in [-0.2, -0.15) is 0 Å². The molecular formula is C21H18O11. The van der Waals surface area contributed by atoms with E-state index in [2.05, 4.69) is 0 Å². The number of carboxylic acids is 1. The van der Waals surface area contributed by atoms with Crippen molar-refractivity contribution in [1.29, 1.82) is 0 Å². The van der Waals surface area contributed by atoms with Gasteiger partial charge in [0.15, 0.2) is 23.0 Å². The third-order valence-corrected chi connectivity index (χ3v) is 5.05. The Bertz CT molecular complexity index is 1220. The number of benzene rings is 2. The number of hydrogen-bond donors (Lipinski definition) is 6. The molecule has 0 saturated carbocycles. The Hall–Kier alpha value is -3.64. The Labute approximate surface area is 178 Å². The van der Waals surface area contributed by atoms with Crippen LogP contribution in [0.5, 0.6) is 17.2 Å². The summed E-state index contributed by atoms with van der Waals surface area (Å²) in [5, 5.41) is 59.2.